The van der Waals surface area contributed by atoms with Crippen molar-refractivity contribution in [2.24, 2.45) is 11.8 Å². The van der Waals surface area contributed by atoms with Crippen LogP contribution in [0.25, 0.3) is 11.2 Å². The van der Waals surface area contributed by atoms with Gasteiger partial charge in [0.05, 0.1) is 25.1 Å². The molecule has 7 atom stereocenters. The first-order valence-corrected chi connectivity index (χ1v) is 15.0. The highest BCUT2D eigenvalue weighted by Crippen LogP contribution is 2.75. The van der Waals surface area contributed by atoms with E-state index in [1.54, 1.807) is 17.7 Å². The summed E-state index contributed by atoms with van der Waals surface area (Å²) < 4.78 is 20.9. The maximum atomic E-state index is 9.90. The third kappa shape index (κ3) is 4.03. The maximum absolute atomic E-state index is 9.90. The zero-order valence-corrected chi connectivity index (χ0v) is 21.0. The lowest BCUT2D eigenvalue weighted by molar-refractivity contribution is -0.0236. The van der Waals surface area contributed by atoms with Crippen LogP contribution in [-0.4, -0.2) is 48.2 Å². The first kappa shape index (κ1) is 22.7. The van der Waals surface area contributed by atoms with Gasteiger partial charge in [-0.05, 0) is 63.2 Å². The van der Waals surface area contributed by atoms with Crippen LogP contribution < -0.4 is 0 Å². The summed E-state index contributed by atoms with van der Waals surface area (Å²) in [5.41, 5.74) is -0.275. The Bertz CT molecular complexity index is 1100. The van der Waals surface area contributed by atoms with E-state index in [1.807, 2.05) is 4.57 Å². The fourth-order valence-electron chi connectivity index (χ4n) is 4.90. The number of hydrogen-bond donors (Lipinski definition) is 1. The molecule has 4 heterocycles. The molecule has 1 N–H and O–H groups in total. The summed E-state index contributed by atoms with van der Waals surface area (Å²) >= 11 is 7.65. The fourth-order valence-corrected chi connectivity index (χ4v) is 12.0. The van der Waals surface area contributed by atoms with Crippen LogP contribution in [0.2, 0.25) is 0 Å². The van der Waals surface area contributed by atoms with E-state index in [-0.39, 0.29) is 35.0 Å². The average molecular weight is 497 g/mol. The van der Waals surface area contributed by atoms with Crippen molar-refractivity contribution >= 4 is 40.0 Å². The number of imidazole rings is 1. The average Bonchev–Trinajstić information content (AvgIpc) is 3.39. The molecule has 0 bridgehead atoms. The number of fused-ring (bicyclic) bond motifs is 2. The van der Waals surface area contributed by atoms with Crippen LogP contribution in [0.5, 0.6) is 5.88 Å². The van der Waals surface area contributed by atoms with Gasteiger partial charge in [-0.2, -0.15) is 4.98 Å². The maximum Gasteiger partial charge on any atom is 0.248 e. The van der Waals surface area contributed by atoms with Gasteiger partial charge >= 0.3 is 0 Å². The van der Waals surface area contributed by atoms with Crippen LogP contribution in [0.4, 0.5) is 0 Å². The van der Waals surface area contributed by atoms with Gasteiger partial charge in [0.1, 0.15) is 12.6 Å². The summed E-state index contributed by atoms with van der Waals surface area (Å²) in [6, 6.07) is 0. The largest absolute Gasteiger partial charge is 0.492 e. The topological polar surface area (TPSA) is 91.5 Å². The van der Waals surface area contributed by atoms with Crippen LogP contribution >= 0.6 is 17.1 Å². The number of allylic oxidation sites excluding steroid dienone is 1. The standard InChI is InChI=1S/C21H29N4O4PS2/c1-12(2)14-5-6-21(4)16(8-14)29-30(31,32-21)27-9-15-13(3)7-17(28-15)25-11-24-18-19(25)22-10-23-20(18)26/h10-11,13-17H,1,5-9H2,2-4H3,(H,22,23,26)/t13-,14+,15+,16-,17+,21-,30-/m0/s1. The molecule has 3 aliphatic rings. The van der Waals surface area contributed by atoms with E-state index >= 15 is 0 Å². The van der Waals surface area contributed by atoms with Crippen LogP contribution in [0.1, 0.15) is 52.7 Å². The highest BCUT2D eigenvalue weighted by molar-refractivity contribution is 8.68. The lowest BCUT2D eigenvalue weighted by Gasteiger charge is -2.37. The second-order valence-electron chi connectivity index (χ2n) is 9.42. The Morgan fingerprint density at radius 1 is 1.44 bits per heavy atom. The Morgan fingerprint density at radius 2 is 2.25 bits per heavy atom. The minimum Gasteiger partial charge on any atom is -0.492 e. The molecule has 0 amide bonds. The van der Waals surface area contributed by atoms with Gasteiger partial charge in [-0.3, -0.25) is 4.57 Å². The molecule has 1 aliphatic carbocycles. The monoisotopic (exact) mass is 496 g/mol. The lowest BCUT2D eigenvalue weighted by atomic mass is 9.77. The SMILES string of the molecule is C=C(C)[C@@H]1CC[C@]2(C)S[P@@](=S)(OC[C@H]3O[C@@H](n4cnc5c(O)ncnc54)C[C@@H]3C)O[C@H]2C1. The van der Waals surface area contributed by atoms with E-state index in [4.69, 9.17) is 25.6 Å². The van der Waals surface area contributed by atoms with Crippen molar-refractivity contribution in [2.75, 3.05) is 6.61 Å². The highest BCUT2D eigenvalue weighted by atomic mass is 32.9. The molecule has 3 fully saturated rings. The van der Waals surface area contributed by atoms with Gasteiger partial charge in [0.2, 0.25) is 11.6 Å². The molecule has 2 aromatic rings. The molecular formula is C21H29N4O4PS2. The van der Waals surface area contributed by atoms with Gasteiger partial charge in [-0.1, -0.05) is 30.5 Å². The minimum absolute atomic E-state index is 0.0175. The number of aromatic hydroxyl groups is 1. The Hall–Kier alpha value is -1.03. The molecule has 32 heavy (non-hydrogen) atoms. The molecule has 0 aromatic carbocycles. The fraction of sp³-hybridized carbons (Fsp3) is 0.667. The van der Waals surface area contributed by atoms with E-state index in [1.165, 1.54) is 11.9 Å². The van der Waals surface area contributed by atoms with E-state index in [0.29, 0.717) is 23.7 Å². The second kappa shape index (κ2) is 8.32. The Labute approximate surface area is 197 Å². The molecule has 0 spiro atoms. The molecule has 2 aliphatic heterocycles. The molecule has 1 saturated carbocycles. The van der Waals surface area contributed by atoms with Gasteiger partial charge in [0, 0.05) is 4.75 Å². The quantitative estimate of drug-likeness (QED) is 0.455. The molecule has 8 nitrogen and oxygen atoms in total. The van der Waals surface area contributed by atoms with Gasteiger partial charge in [0.15, 0.2) is 11.2 Å². The Kier molecular flexibility index (Phi) is 5.92. The number of aromatic nitrogens is 4. The lowest BCUT2D eigenvalue weighted by Crippen LogP contribution is -2.39. The number of nitrogens with zero attached hydrogens (tertiary/aromatic N) is 4. The number of hydrogen-bond acceptors (Lipinski definition) is 9. The minimum atomic E-state index is -2.43. The smallest absolute Gasteiger partial charge is 0.248 e. The van der Waals surface area contributed by atoms with Crippen LogP contribution in [-0.2, 0) is 25.6 Å². The van der Waals surface area contributed by atoms with Gasteiger partial charge in [0.25, 0.3) is 0 Å². The summed E-state index contributed by atoms with van der Waals surface area (Å²) in [5.74, 6) is 0.645. The van der Waals surface area contributed by atoms with Crippen molar-refractivity contribution in [3.05, 3.63) is 24.8 Å². The third-order valence-electron chi connectivity index (χ3n) is 7.03. The van der Waals surface area contributed by atoms with E-state index < -0.39 is 5.69 Å². The highest BCUT2D eigenvalue weighted by Gasteiger charge is 2.53. The molecule has 2 saturated heterocycles. The Morgan fingerprint density at radius 3 is 3.03 bits per heavy atom. The summed E-state index contributed by atoms with van der Waals surface area (Å²) in [6.45, 7) is 11.1. The van der Waals surface area contributed by atoms with Crippen molar-refractivity contribution < 1.29 is 18.9 Å². The first-order valence-electron chi connectivity index (χ1n) is 11.0. The third-order valence-corrected chi connectivity index (χ3v) is 12.9. The van der Waals surface area contributed by atoms with Crippen molar-refractivity contribution in [3.63, 3.8) is 0 Å². The van der Waals surface area contributed by atoms with Crippen molar-refractivity contribution in [1.82, 2.24) is 19.5 Å². The van der Waals surface area contributed by atoms with E-state index in [0.717, 1.165) is 25.7 Å². The molecule has 5 rings (SSSR count). The van der Waals surface area contributed by atoms with Gasteiger partial charge in [-0.25, -0.2) is 9.97 Å². The Balaban J connectivity index is 1.24. The molecule has 0 unspecified atom stereocenters. The van der Waals surface area contributed by atoms with E-state index in [9.17, 15) is 5.11 Å². The molecule has 174 valence electrons. The number of ether oxygens (including phenoxy) is 1. The summed E-state index contributed by atoms with van der Waals surface area (Å²) in [6.07, 6.45) is 6.73. The van der Waals surface area contributed by atoms with Crippen LogP contribution in [0, 0.1) is 11.8 Å². The predicted molar refractivity (Wildman–Crippen MR) is 128 cm³/mol. The first-order chi connectivity index (χ1) is 15.2. The normalized spacial score (nSPS) is 39.4. The summed E-state index contributed by atoms with van der Waals surface area (Å²) in [5, 5.41) is 9.90. The van der Waals surface area contributed by atoms with Crippen LogP contribution in [0.15, 0.2) is 24.8 Å². The van der Waals surface area contributed by atoms with Crippen molar-refractivity contribution in [2.45, 2.75) is 69.6 Å². The van der Waals surface area contributed by atoms with Crippen LogP contribution in [0.3, 0.4) is 0 Å². The predicted octanol–water partition coefficient (Wildman–Crippen LogP) is 4.96. The zero-order chi connectivity index (χ0) is 22.7. The van der Waals surface area contributed by atoms with Crippen molar-refractivity contribution in [1.29, 1.82) is 0 Å². The van der Waals surface area contributed by atoms with E-state index in [2.05, 4.69) is 42.3 Å². The second-order valence-corrected chi connectivity index (χ2v) is 16.0. The number of rotatable bonds is 5. The molecule has 2 aromatic heterocycles. The van der Waals surface area contributed by atoms with Crippen molar-refractivity contribution in [3.8, 4) is 5.88 Å². The summed E-state index contributed by atoms with van der Waals surface area (Å²) in [7, 11) is 0. The molecule has 11 heteroatoms. The van der Waals surface area contributed by atoms with Gasteiger partial charge < -0.3 is 18.9 Å². The van der Waals surface area contributed by atoms with Gasteiger partial charge in [-0.15, -0.1) is 0 Å². The zero-order valence-electron chi connectivity index (χ0n) is 18.5. The molecule has 0 radical (unpaired) electrons. The molecular weight excluding hydrogens is 467 g/mol. The summed E-state index contributed by atoms with van der Waals surface area (Å²) in [4.78, 5) is 12.3.